The Morgan fingerprint density at radius 3 is 2.58 bits per heavy atom. The van der Waals surface area contributed by atoms with Crippen LogP contribution in [-0.4, -0.2) is 10.9 Å². The summed E-state index contributed by atoms with van der Waals surface area (Å²) in [6.45, 7) is 0. The fourth-order valence-electron chi connectivity index (χ4n) is 3.99. The van der Waals surface area contributed by atoms with Gasteiger partial charge in [-0.05, 0) is 23.8 Å². The lowest BCUT2D eigenvalue weighted by atomic mass is 9.83. The van der Waals surface area contributed by atoms with Crippen molar-refractivity contribution in [2.75, 3.05) is 0 Å². The molecular formula is C25H13Cl2N3O5S. The number of carbonyl (C=O) groups excluding carboxylic acids is 1. The Hall–Kier alpha value is -4.10. The van der Waals surface area contributed by atoms with E-state index in [2.05, 4.69) is 6.07 Å². The number of rotatable bonds is 4. The predicted octanol–water partition coefficient (Wildman–Crippen LogP) is 6.55. The molecule has 0 spiro atoms. The number of fused-ring (bicyclic) bond motifs is 2. The van der Waals surface area contributed by atoms with Crippen molar-refractivity contribution in [1.82, 2.24) is 0 Å². The number of esters is 1. The lowest BCUT2D eigenvalue weighted by Gasteiger charge is -2.26. The second-order valence-electron chi connectivity index (χ2n) is 7.72. The zero-order valence-electron chi connectivity index (χ0n) is 18.0. The lowest BCUT2D eigenvalue weighted by Crippen LogP contribution is -2.21. The highest BCUT2D eigenvalue weighted by molar-refractivity contribution is 7.21. The van der Waals surface area contributed by atoms with Crippen molar-refractivity contribution in [3.63, 3.8) is 0 Å². The minimum atomic E-state index is -0.666. The van der Waals surface area contributed by atoms with Gasteiger partial charge in [-0.3, -0.25) is 10.1 Å². The molecule has 0 aliphatic carbocycles. The summed E-state index contributed by atoms with van der Waals surface area (Å²) < 4.78 is 12.0. The molecule has 1 aromatic heterocycles. The number of non-ortho nitro benzene ring substituents is 1. The highest BCUT2D eigenvalue weighted by Crippen LogP contribution is 2.44. The van der Waals surface area contributed by atoms with Crippen LogP contribution in [0.2, 0.25) is 10.0 Å². The number of ether oxygens (including phenoxy) is 2. The summed E-state index contributed by atoms with van der Waals surface area (Å²) in [6, 6.07) is 17.8. The summed E-state index contributed by atoms with van der Waals surface area (Å²) in [4.78, 5) is 23.6. The zero-order valence-corrected chi connectivity index (χ0v) is 20.4. The Balaban J connectivity index is 1.49. The summed E-state index contributed by atoms with van der Waals surface area (Å²) >= 11 is 13.8. The van der Waals surface area contributed by atoms with Gasteiger partial charge in [-0.25, -0.2) is 4.79 Å². The van der Waals surface area contributed by atoms with E-state index in [4.69, 9.17) is 38.4 Å². The molecule has 0 amide bonds. The Kier molecular flexibility index (Phi) is 6.02. The third-order valence-electron chi connectivity index (χ3n) is 5.63. The third kappa shape index (κ3) is 4.01. The Morgan fingerprint density at radius 2 is 1.92 bits per heavy atom. The number of hydrogen-bond donors (Lipinski definition) is 1. The molecule has 1 aliphatic heterocycles. The molecule has 5 rings (SSSR count). The molecule has 0 saturated carbocycles. The first kappa shape index (κ1) is 23.6. The standard InChI is InChI=1S/C25H13Cl2N3O5S/c26-17-2-1-3-19-21(17)22(27)23(36-19)25(31)34-14-8-9-15-18(10-14)35-24(29)16(11-28)20(15)12-4-6-13(7-5-12)30(32)33/h1-10,20H,29H2. The number of hydrogen-bond acceptors (Lipinski definition) is 8. The van der Waals surface area contributed by atoms with E-state index in [0.717, 1.165) is 4.70 Å². The molecule has 3 aromatic carbocycles. The average molecular weight is 538 g/mol. The van der Waals surface area contributed by atoms with Gasteiger partial charge in [0, 0.05) is 33.8 Å². The maximum absolute atomic E-state index is 12.9. The number of thiophene rings is 1. The van der Waals surface area contributed by atoms with E-state index in [1.165, 1.54) is 29.5 Å². The van der Waals surface area contributed by atoms with Crippen molar-refractivity contribution in [2.24, 2.45) is 5.73 Å². The number of nitrogens with two attached hydrogens (primary N) is 1. The normalized spacial score (nSPS) is 14.6. The number of allylic oxidation sites excluding steroid dienone is 1. The van der Waals surface area contributed by atoms with Crippen LogP contribution in [0.25, 0.3) is 10.1 Å². The van der Waals surface area contributed by atoms with Crippen molar-refractivity contribution in [3.8, 4) is 17.6 Å². The maximum Gasteiger partial charge on any atom is 0.355 e. The minimum absolute atomic E-state index is 0.0788. The second-order valence-corrected chi connectivity index (χ2v) is 9.56. The van der Waals surface area contributed by atoms with Crippen LogP contribution in [-0.2, 0) is 0 Å². The van der Waals surface area contributed by atoms with E-state index >= 15 is 0 Å². The molecule has 11 heteroatoms. The van der Waals surface area contributed by atoms with Crippen LogP contribution >= 0.6 is 34.5 Å². The minimum Gasteiger partial charge on any atom is -0.440 e. The van der Waals surface area contributed by atoms with Crippen molar-refractivity contribution >= 4 is 56.3 Å². The molecule has 2 N–H and O–H groups in total. The van der Waals surface area contributed by atoms with Crippen molar-refractivity contribution in [2.45, 2.75) is 5.92 Å². The van der Waals surface area contributed by atoms with Gasteiger partial charge < -0.3 is 15.2 Å². The lowest BCUT2D eigenvalue weighted by molar-refractivity contribution is -0.384. The topological polar surface area (TPSA) is 128 Å². The van der Waals surface area contributed by atoms with Gasteiger partial charge in [0.05, 0.1) is 20.9 Å². The van der Waals surface area contributed by atoms with Crippen LogP contribution in [0, 0.1) is 21.4 Å². The zero-order chi connectivity index (χ0) is 25.6. The monoisotopic (exact) mass is 537 g/mol. The molecule has 2 heterocycles. The number of nitro benzene ring substituents is 1. The number of halogens is 2. The Bertz CT molecular complexity index is 1640. The van der Waals surface area contributed by atoms with Gasteiger partial charge in [-0.2, -0.15) is 5.26 Å². The van der Waals surface area contributed by atoms with Gasteiger partial charge in [0.25, 0.3) is 5.69 Å². The summed E-state index contributed by atoms with van der Waals surface area (Å²) in [5.74, 6) is -0.941. The second kappa shape index (κ2) is 9.17. The Labute approximate surface area is 217 Å². The first-order valence-electron chi connectivity index (χ1n) is 10.3. The molecule has 4 aromatic rings. The van der Waals surface area contributed by atoms with Crippen LogP contribution in [0.5, 0.6) is 11.5 Å². The molecule has 0 radical (unpaired) electrons. The molecular weight excluding hydrogens is 525 g/mol. The molecule has 0 fully saturated rings. The Morgan fingerprint density at radius 1 is 1.17 bits per heavy atom. The van der Waals surface area contributed by atoms with Gasteiger partial charge in [0.1, 0.15) is 28.0 Å². The molecule has 1 aliphatic rings. The van der Waals surface area contributed by atoms with E-state index in [1.54, 1.807) is 36.4 Å². The van der Waals surface area contributed by atoms with Crippen LogP contribution in [0.1, 0.15) is 26.7 Å². The summed E-state index contributed by atoms with van der Waals surface area (Å²) in [5.41, 5.74) is 7.30. The van der Waals surface area contributed by atoms with Crippen LogP contribution in [0.4, 0.5) is 5.69 Å². The van der Waals surface area contributed by atoms with Gasteiger partial charge >= 0.3 is 5.97 Å². The predicted molar refractivity (Wildman–Crippen MR) is 136 cm³/mol. The van der Waals surface area contributed by atoms with Gasteiger partial charge in [-0.15, -0.1) is 11.3 Å². The van der Waals surface area contributed by atoms with Gasteiger partial charge in [0.15, 0.2) is 0 Å². The number of nitrogens with zero attached hydrogens (tertiary/aromatic N) is 2. The highest BCUT2D eigenvalue weighted by Gasteiger charge is 2.31. The van der Waals surface area contributed by atoms with E-state index in [1.807, 2.05) is 6.07 Å². The van der Waals surface area contributed by atoms with Gasteiger partial charge in [0.2, 0.25) is 5.88 Å². The molecule has 36 heavy (non-hydrogen) atoms. The van der Waals surface area contributed by atoms with E-state index in [0.29, 0.717) is 21.5 Å². The fraction of sp³-hybridized carbons (Fsp3) is 0.0400. The van der Waals surface area contributed by atoms with Crippen molar-refractivity contribution in [3.05, 3.63) is 108 Å². The summed E-state index contributed by atoms with van der Waals surface area (Å²) in [6.07, 6.45) is 0. The molecule has 0 bridgehead atoms. The van der Waals surface area contributed by atoms with Crippen molar-refractivity contribution < 1.29 is 19.2 Å². The number of nitro groups is 1. The van der Waals surface area contributed by atoms with E-state index < -0.39 is 16.8 Å². The SMILES string of the molecule is N#CC1=C(N)Oc2cc(OC(=O)c3sc4cccc(Cl)c4c3Cl)ccc2C1c1ccc([N+](=O)[O-])cc1. The number of nitriles is 1. The van der Waals surface area contributed by atoms with Gasteiger partial charge in [-0.1, -0.05) is 47.5 Å². The van der Waals surface area contributed by atoms with Crippen LogP contribution in [0.3, 0.4) is 0 Å². The largest absolute Gasteiger partial charge is 0.440 e. The number of carbonyl (C=O) groups is 1. The average Bonchev–Trinajstić information content (AvgIpc) is 3.20. The third-order valence-corrected chi connectivity index (χ3v) is 7.57. The summed E-state index contributed by atoms with van der Waals surface area (Å²) in [5, 5.41) is 22.0. The smallest absolute Gasteiger partial charge is 0.355 e. The van der Waals surface area contributed by atoms with E-state index in [-0.39, 0.29) is 38.5 Å². The molecule has 1 atom stereocenters. The molecule has 0 saturated heterocycles. The van der Waals surface area contributed by atoms with Crippen LogP contribution < -0.4 is 15.2 Å². The molecule has 1 unspecified atom stereocenters. The first-order valence-corrected chi connectivity index (χ1v) is 11.9. The first-order chi connectivity index (χ1) is 17.3. The van der Waals surface area contributed by atoms with E-state index in [9.17, 15) is 20.2 Å². The quantitative estimate of drug-likeness (QED) is 0.135. The van der Waals surface area contributed by atoms with Crippen molar-refractivity contribution in [1.29, 1.82) is 5.26 Å². The van der Waals surface area contributed by atoms with Crippen LogP contribution in [0.15, 0.2) is 72.1 Å². The highest BCUT2D eigenvalue weighted by atomic mass is 35.5. The molecule has 178 valence electrons. The molecule has 8 nitrogen and oxygen atoms in total. The maximum atomic E-state index is 12.9. The number of benzene rings is 3. The summed E-state index contributed by atoms with van der Waals surface area (Å²) in [7, 11) is 0. The fourth-order valence-corrected chi connectivity index (χ4v) is 5.81.